The number of carbonyl (C=O) groups excluding carboxylic acids is 1. The number of halogens is 2. The number of aliphatic hydroxyl groups is 1. The lowest BCUT2D eigenvalue weighted by molar-refractivity contribution is 0.0701. The van der Waals surface area contributed by atoms with Crippen molar-refractivity contribution >= 4 is 11.6 Å². The van der Waals surface area contributed by atoms with Crippen LogP contribution in [0.5, 0.6) is 0 Å². The first kappa shape index (κ1) is 21.2. The molecular formula is C27H22F2N2O2. The number of anilines is 1. The predicted molar refractivity (Wildman–Crippen MR) is 122 cm³/mol. The number of rotatable bonds is 2. The van der Waals surface area contributed by atoms with Gasteiger partial charge in [-0.3, -0.25) is 4.79 Å². The van der Waals surface area contributed by atoms with E-state index in [4.69, 9.17) is 0 Å². The molecule has 2 heterocycles. The highest BCUT2D eigenvalue weighted by Crippen LogP contribution is 2.47. The molecule has 1 fully saturated rings. The van der Waals surface area contributed by atoms with Gasteiger partial charge in [0.05, 0.1) is 24.3 Å². The van der Waals surface area contributed by atoms with Crippen LogP contribution in [0.25, 0.3) is 0 Å². The van der Waals surface area contributed by atoms with Gasteiger partial charge in [0, 0.05) is 29.3 Å². The summed E-state index contributed by atoms with van der Waals surface area (Å²) in [6, 6.07) is 17.1. The largest absolute Gasteiger partial charge is 0.394 e. The third-order valence-corrected chi connectivity index (χ3v) is 6.44. The van der Waals surface area contributed by atoms with Crippen LogP contribution in [-0.2, 0) is 0 Å². The second-order valence-corrected chi connectivity index (χ2v) is 8.37. The minimum atomic E-state index is -0.392. The van der Waals surface area contributed by atoms with Crippen LogP contribution in [0.1, 0.15) is 39.5 Å². The highest BCUT2D eigenvalue weighted by molar-refractivity contribution is 5.95. The molecule has 0 radical (unpaired) electrons. The fourth-order valence-corrected chi connectivity index (χ4v) is 4.83. The summed E-state index contributed by atoms with van der Waals surface area (Å²) in [6.45, 7) is 0.488. The van der Waals surface area contributed by atoms with E-state index in [1.165, 1.54) is 30.3 Å². The summed E-state index contributed by atoms with van der Waals surface area (Å²) in [6.07, 6.45) is 0.737. The Labute approximate surface area is 190 Å². The molecule has 1 amide bonds. The minimum absolute atomic E-state index is 0.0293. The van der Waals surface area contributed by atoms with Gasteiger partial charge < -0.3 is 15.3 Å². The molecule has 2 N–H and O–H groups in total. The van der Waals surface area contributed by atoms with Crippen molar-refractivity contribution in [1.82, 2.24) is 4.90 Å². The number of fused-ring (bicyclic) bond motifs is 3. The topological polar surface area (TPSA) is 52.6 Å². The van der Waals surface area contributed by atoms with Gasteiger partial charge in [0.2, 0.25) is 0 Å². The number of hydrogen-bond acceptors (Lipinski definition) is 3. The monoisotopic (exact) mass is 444 g/mol. The van der Waals surface area contributed by atoms with Gasteiger partial charge >= 0.3 is 0 Å². The smallest absolute Gasteiger partial charge is 0.254 e. The Hall–Kier alpha value is -3.69. The number of carbonyl (C=O) groups is 1. The number of aliphatic hydroxyl groups excluding tert-OH is 1. The second-order valence-electron chi connectivity index (χ2n) is 8.37. The van der Waals surface area contributed by atoms with Crippen LogP contribution in [-0.4, -0.2) is 35.1 Å². The zero-order chi connectivity index (χ0) is 22.9. The van der Waals surface area contributed by atoms with Crippen molar-refractivity contribution in [2.45, 2.75) is 18.5 Å². The molecule has 0 bridgehead atoms. The molecule has 0 saturated carbocycles. The number of amides is 1. The van der Waals surface area contributed by atoms with E-state index < -0.39 is 5.82 Å². The lowest BCUT2D eigenvalue weighted by atomic mass is 9.82. The summed E-state index contributed by atoms with van der Waals surface area (Å²) in [5, 5.41) is 13.4. The number of benzene rings is 3. The van der Waals surface area contributed by atoms with Crippen LogP contribution >= 0.6 is 0 Å². The van der Waals surface area contributed by atoms with Gasteiger partial charge in [0.1, 0.15) is 11.6 Å². The van der Waals surface area contributed by atoms with Crippen LogP contribution in [0.3, 0.4) is 0 Å². The molecular weight excluding hydrogens is 422 g/mol. The third kappa shape index (κ3) is 3.96. The summed E-state index contributed by atoms with van der Waals surface area (Å²) < 4.78 is 27.3. The van der Waals surface area contributed by atoms with E-state index in [2.05, 4.69) is 17.2 Å². The van der Waals surface area contributed by atoms with E-state index in [-0.39, 0.29) is 36.3 Å². The molecule has 2 aliphatic heterocycles. The molecule has 0 spiro atoms. The van der Waals surface area contributed by atoms with E-state index in [1.54, 1.807) is 23.1 Å². The fraction of sp³-hybridized carbons (Fsp3) is 0.222. The maximum absolute atomic E-state index is 13.9. The predicted octanol–water partition coefficient (Wildman–Crippen LogP) is 4.35. The van der Waals surface area contributed by atoms with E-state index in [0.29, 0.717) is 23.2 Å². The molecule has 3 atom stereocenters. The molecule has 0 aliphatic carbocycles. The zero-order valence-electron chi connectivity index (χ0n) is 17.8. The molecule has 3 aromatic carbocycles. The van der Waals surface area contributed by atoms with Crippen molar-refractivity contribution in [2.75, 3.05) is 18.5 Å². The number of likely N-dealkylation sites (tertiary alicyclic amines) is 1. The molecule has 1 saturated heterocycles. The number of hydrogen-bond donors (Lipinski definition) is 2. The van der Waals surface area contributed by atoms with Gasteiger partial charge in [-0.2, -0.15) is 0 Å². The first-order chi connectivity index (χ1) is 16.0. The van der Waals surface area contributed by atoms with E-state index in [0.717, 1.165) is 17.7 Å². The van der Waals surface area contributed by atoms with Crippen LogP contribution in [0.4, 0.5) is 14.5 Å². The first-order valence-electron chi connectivity index (χ1n) is 10.9. The average molecular weight is 444 g/mol. The van der Waals surface area contributed by atoms with Crippen molar-refractivity contribution in [1.29, 1.82) is 0 Å². The molecule has 166 valence electrons. The maximum Gasteiger partial charge on any atom is 0.254 e. The van der Waals surface area contributed by atoms with Crippen molar-refractivity contribution in [3.05, 3.63) is 101 Å². The Kier molecular flexibility index (Phi) is 5.57. The normalized spacial score (nSPS) is 20.8. The van der Waals surface area contributed by atoms with Crippen molar-refractivity contribution in [2.24, 2.45) is 5.92 Å². The standard InChI is InChI=1S/C27H22F2N2O2/c28-20-10-8-19(9-11-20)27(33)31-14-13-21-25(16-32)30-24-12-6-17(15-22(24)26(21)31)5-7-18-3-1-2-4-23(18)29/h1-4,6,8-12,15,21,25-26,30,32H,13-14,16H2/t21-,25+,26-/m1/s1. The van der Waals surface area contributed by atoms with Crippen LogP contribution in [0, 0.1) is 29.4 Å². The average Bonchev–Trinajstić information content (AvgIpc) is 3.29. The van der Waals surface area contributed by atoms with E-state index in [1.807, 2.05) is 18.2 Å². The highest BCUT2D eigenvalue weighted by atomic mass is 19.1. The SMILES string of the molecule is O=C(c1ccc(F)cc1)N1CC[C@@H]2[C@H](CO)Nc3ccc(C#Cc4ccccc4F)cc3[C@@H]21. The molecule has 2 aliphatic rings. The van der Waals surface area contributed by atoms with Crippen molar-refractivity contribution in [3.63, 3.8) is 0 Å². The molecule has 0 unspecified atom stereocenters. The van der Waals surface area contributed by atoms with Gasteiger partial charge in [-0.25, -0.2) is 8.78 Å². The third-order valence-electron chi connectivity index (χ3n) is 6.44. The maximum atomic E-state index is 13.9. The summed E-state index contributed by atoms with van der Waals surface area (Å²) in [7, 11) is 0. The summed E-state index contributed by atoms with van der Waals surface area (Å²) in [5.41, 5.74) is 3.21. The van der Waals surface area contributed by atoms with Crippen LogP contribution in [0.2, 0.25) is 0 Å². The number of nitrogens with one attached hydrogen (secondary N) is 1. The summed E-state index contributed by atoms with van der Waals surface area (Å²) >= 11 is 0. The van der Waals surface area contributed by atoms with E-state index in [9.17, 15) is 18.7 Å². The molecule has 6 heteroatoms. The molecule has 5 rings (SSSR count). The Morgan fingerprint density at radius 1 is 1.06 bits per heavy atom. The van der Waals surface area contributed by atoms with E-state index >= 15 is 0 Å². The first-order valence-corrected chi connectivity index (χ1v) is 10.9. The zero-order valence-corrected chi connectivity index (χ0v) is 17.8. The second kappa shape index (κ2) is 8.68. The minimum Gasteiger partial charge on any atom is -0.394 e. The highest BCUT2D eigenvalue weighted by Gasteiger charge is 2.45. The Morgan fingerprint density at radius 3 is 2.61 bits per heavy atom. The molecule has 33 heavy (non-hydrogen) atoms. The van der Waals surface area contributed by atoms with Gasteiger partial charge in [-0.15, -0.1) is 0 Å². The molecule has 4 nitrogen and oxygen atoms in total. The molecule has 3 aromatic rings. The van der Waals surface area contributed by atoms with Crippen LogP contribution < -0.4 is 5.32 Å². The number of nitrogens with zero attached hydrogens (tertiary/aromatic N) is 1. The van der Waals surface area contributed by atoms with Crippen molar-refractivity contribution < 1.29 is 18.7 Å². The van der Waals surface area contributed by atoms with Gasteiger partial charge in [-0.1, -0.05) is 24.0 Å². The Balaban J connectivity index is 1.52. The van der Waals surface area contributed by atoms with Gasteiger partial charge in [0.25, 0.3) is 5.91 Å². The van der Waals surface area contributed by atoms with Crippen molar-refractivity contribution in [3.8, 4) is 11.8 Å². The quantitative estimate of drug-likeness (QED) is 0.578. The Bertz CT molecular complexity index is 1260. The van der Waals surface area contributed by atoms with Gasteiger partial charge in [0.15, 0.2) is 0 Å². The Morgan fingerprint density at radius 2 is 1.85 bits per heavy atom. The van der Waals surface area contributed by atoms with Gasteiger partial charge in [-0.05, 0) is 66.6 Å². The lowest BCUT2D eigenvalue weighted by Gasteiger charge is -2.39. The summed E-state index contributed by atoms with van der Waals surface area (Å²) in [5.74, 6) is 5.00. The summed E-state index contributed by atoms with van der Waals surface area (Å²) in [4.78, 5) is 15.1. The van der Waals surface area contributed by atoms with Crippen LogP contribution in [0.15, 0.2) is 66.7 Å². The lowest BCUT2D eigenvalue weighted by Crippen LogP contribution is -2.42. The fourth-order valence-electron chi connectivity index (χ4n) is 4.83. The molecule has 0 aromatic heterocycles.